The molecule has 68 valence electrons. The molecular formula is C7H3ClNNaO3S. The second-order valence-electron chi connectivity index (χ2n) is 2.51. The van der Waals surface area contributed by atoms with Gasteiger partial charge in [-0.25, -0.2) is 8.42 Å². The van der Waals surface area contributed by atoms with Crippen LogP contribution < -0.4 is 29.6 Å². The molecule has 4 nitrogen and oxygen atoms in total. The number of carbonyl (C=O) groups is 1. The van der Waals surface area contributed by atoms with E-state index in [4.69, 9.17) is 11.6 Å². The summed E-state index contributed by atoms with van der Waals surface area (Å²) in [5.74, 6) is -0.730. The second-order valence-corrected chi connectivity index (χ2v) is 4.52. The van der Waals surface area contributed by atoms with E-state index in [9.17, 15) is 13.2 Å². The molecule has 0 aromatic heterocycles. The van der Waals surface area contributed by atoms with Crippen molar-refractivity contribution in [1.29, 1.82) is 0 Å². The number of amides is 1. The first-order valence-corrected chi connectivity index (χ1v) is 5.14. The van der Waals surface area contributed by atoms with Crippen molar-refractivity contribution in [2.75, 3.05) is 0 Å². The van der Waals surface area contributed by atoms with E-state index in [1.807, 2.05) is 0 Å². The maximum absolute atomic E-state index is 11.2. The molecule has 14 heavy (non-hydrogen) atoms. The molecule has 7 heteroatoms. The first-order chi connectivity index (χ1) is 6.00. The summed E-state index contributed by atoms with van der Waals surface area (Å²) in [6.07, 6.45) is 0. The normalized spacial score (nSPS) is 16.8. The summed E-state index contributed by atoms with van der Waals surface area (Å²) in [5, 5.41) is 0.271. The SMILES string of the molecule is O=C1[N-]S(=O)(=O)c2cc(Cl)ccc21.[Na+]. The summed E-state index contributed by atoms with van der Waals surface area (Å²) in [5.41, 5.74) is 0.0874. The van der Waals surface area contributed by atoms with Gasteiger partial charge >= 0.3 is 29.6 Å². The number of halogens is 1. The third-order valence-electron chi connectivity index (χ3n) is 1.66. The molecule has 1 heterocycles. The summed E-state index contributed by atoms with van der Waals surface area (Å²) >= 11 is 5.58. The van der Waals surface area contributed by atoms with E-state index in [0.29, 0.717) is 0 Å². The largest absolute Gasteiger partial charge is 1.00 e. The van der Waals surface area contributed by atoms with Crippen molar-refractivity contribution in [3.63, 3.8) is 0 Å². The molecule has 0 atom stereocenters. The fourth-order valence-corrected chi connectivity index (χ4v) is 2.45. The summed E-state index contributed by atoms with van der Waals surface area (Å²) in [7, 11) is -3.79. The minimum Gasteiger partial charge on any atom is -0.537 e. The fourth-order valence-electron chi connectivity index (χ4n) is 1.09. The molecule has 0 N–H and O–H groups in total. The molecule has 1 amide bonds. The van der Waals surface area contributed by atoms with E-state index in [2.05, 4.69) is 4.72 Å². The maximum atomic E-state index is 11.2. The van der Waals surface area contributed by atoms with Crippen molar-refractivity contribution in [3.8, 4) is 0 Å². The Hall–Kier alpha value is -0.0700. The number of rotatable bonds is 0. The Labute approximate surface area is 108 Å². The topological polar surface area (TPSA) is 65.3 Å². The van der Waals surface area contributed by atoms with Gasteiger partial charge < -0.3 is 9.52 Å². The van der Waals surface area contributed by atoms with Gasteiger partial charge in [0.1, 0.15) is 10.0 Å². The molecule has 1 aromatic rings. The molecule has 0 spiro atoms. The molecule has 2 rings (SSSR count). The standard InChI is InChI=1S/C7H4ClNO3S.Na/c8-4-1-2-5-6(3-4)13(11,12)9-7(5)10;/h1-3H,(H,9,10);/q;+1/p-1. The Morgan fingerprint density at radius 2 is 1.93 bits per heavy atom. The van der Waals surface area contributed by atoms with Gasteiger partial charge in [-0.05, 0) is 12.1 Å². The smallest absolute Gasteiger partial charge is 0.537 e. The number of nitrogens with zero attached hydrogens (tertiary/aromatic N) is 1. The number of carbonyl (C=O) groups excluding carboxylic acids is 1. The summed E-state index contributed by atoms with van der Waals surface area (Å²) in [6, 6.07) is 4.03. The van der Waals surface area contributed by atoms with Crippen LogP contribution in [0, 0.1) is 0 Å². The molecule has 0 aliphatic carbocycles. The van der Waals surface area contributed by atoms with E-state index >= 15 is 0 Å². The Morgan fingerprint density at radius 1 is 1.29 bits per heavy atom. The maximum Gasteiger partial charge on any atom is 1.00 e. The number of hydrogen-bond acceptors (Lipinski definition) is 3. The van der Waals surface area contributed by atoms with Crippen LogP contribution in [0.3, 0.4) is 0 Å². The van der Waals surface area contributed by atoms with Gasteiger partial charge in [0.2, 0.25) is 0 Å². The Bertz CT molecular complexity index is 500. The monoisotopic (exact) mass is 239 g/mol. The third-order valence-corrected chi connectivity index (χ3v) is 3.19. The first kappa shape index (κ1) is 12.0. The first-order valence-electron chi connectivity index (χ1n) is 3.32. The predicted octanol–water partition coefficient (Wildman–Crippen LogP) is -1.44. The molecule has 1 aromatic carbocycles. The average molecular weight is 240 g/mol. The van der Waals surface area contributed by atoms with Crippen LogP contribution in [0.1, 0.15) is 10.4 Å². The molecule has 0 bridgehead atoms. The van der Waals surface area contributed by atoms with E-state index in [-0.39, 0.29) is 45.0 Å². The molecule has 0 radical (unpaired) electrons. The Morgan fingerprint density at radius 3 is 2.57 bits per heavy atom. The zero-order valence-corrected chi connectivity index (χ0v) is 10.8. The van der Waals surface area contributed by atoms with Gasteiger partial charge in [0.05, 0.1) is 10.8 Å². The van der Waals surface area contributed by atoms with Gasteiger partial charge in [0.25, 0.3) is 0 Å². The van der Waals surface area contributed by atoms with Crippen LogP contribution in [0.4, 0.5) is 0 Å². The fraction of sp³-hybridized carbons (Fsp3) is 0. The molecule has 0 unspecified atom stereocenters. The van der Waals surface area contributed by atoms with Crippen LogP contribution in [-0.2, 0) is 10.0 Å². The summed E-state index contributed by atoms with van der Waals surface area (Å²) in [6.45, 7) is 0. The summed E-state index contributed by atoms with van der Waals surface area (Å²) < 4.78 is 25.3. The van der Waals surface area contributed by atoms with Gasteiger partial charge in [-0.15, -0.1) is 0 Å². The minimum absolute atomic E-state index is 0. The molecule has 0 saturated carbocycles. The van der Waals surface area contributed by atoms with Crippen molar-refractivity contribution in [1.82, 2.24) is 0 Å². The van der Waals surface area contributed by atoms with Gasteiger partial charge in [0.15, 0.2) is 0 Å². The van der Waals surface area contributed by atoms with Gasteiger partial charge in [-0.3, -0.25) is 0 Å². The number of benzene rings is 1. The minimum atomic E-state index is -3.79. The summed E-state index contributed by atoms with van der Waals surface area (Å²) in [4.78, 5) is 10.9. The average Bonchev–Trinajstić information content (AvgIpc) is 2.23. The van der Waals surface area contributed by atoms with Crippen LogP contribution in [-0.4, -0.2) is 14.3 Å². The van der Waals surface area contributed by atoms with Gasteiger partial charge in [-0.2, -0.15) is 0 Å². The Kier molecular flexibility index (Phi) is 3.28. The van der Waals surface area contributed by atoms with Crippen LogP contribution in [0.5, 0.6) is 0 Å². The zero-order valence-electron chi connectivity index (χ0n) is 7.19. The quantitative estimate of drug-likeness (QED) is 0.521. The molecule has 1 aliphatic heterocycles. The number of sulfonamides is 1. The van der Waals surface area contributed by atoms with Crippen LogP contribution in [0.15, 0.2) is 23.1 Å². The number of fused-ring (bicyclic) bond motifs is 1. The van der Waals surface area contributed by atoms with Crippen LogP contribution >= 0.6 is 11.6 Å². The number of hydrogen-bond donors (Lipinski definition) is 0. The van der Waals surface area contributed by atoms with Crippen molar-refractivity contribution in [2.24, 2.45) is 0 Å². The van der Waals surface area contributed by atoms with Crippen molar-refractivity contribution >= 4 is 27.5 Å². The molecular weight excluding hydrogens is 237 g/mol. The molecule has 1 aliphatic rings. The van der Waals surface area contributed by atoms with Gasteiger partial charge in [0, 0.05) is 10.6 Å². The van der Waals surface area contributed by atoms with E-state index in [1.54, 1.807) is 0 Å². The van der Waals surface area contributed by atoms with Crippen molar-refractivity contribution in [2.45, 2.75) is 4.90 Å². The van der Waals surface area contributed by atoms with Crippen molar-refractivity contribution < 1.29 is 42.8 Å². The van der Waals surface area contributed by atoms with E-state index < -0.39 is 15.9 Å². The van der Waals surface area contributed by atoms with Crippen LogP contribution in [0.2, 0.25) is 5.02 Å². The predicted molar refractivity (Wildman–Crippen MR) is 46.3 cm³/mol. The van der Waals surface area contributed by atoms with E-state index in [1.165, 1.54) is 18.2 Å². The molecule has 0 saturated heterocycles. The molecule has 0 fully saturated rings. The Balaban J connectivity index is 0.000000980. The van der Waals surface area contributed by atoms with Gasteiger partial charge in [-0.1, -0.05) is 17.7 Å². The van der Waals surface area contributed by atoms with Crippen LogP contribution in [0.25, 0.3) is 4.72 Å². The zero-order chi connectivity index (χ0) is 9.64. The third kappa shape index (κ3) is 1.83. The second kappa shape index (κ2) is 3.83. The van der Waals surface area contributed by atoms with Crippen molar-refractivity contribution in [3.05, 3.63) is 33.5 Å². The van der Waals surface area contributed by atoms with E-state index in [0.717, 1.165) is 0 Å².